The predicted octanol–water partition coefficient (Wildman–Crippen LogP) is 5.52. The second-order valence-electron chi connectivity index (χ2n) is 7.24. The number of ether oxygens (including phenoxy) is 1. The SMILES string of the molecule is CCCCOc1ccc(-c2nn(-c3ccccc3)cc2C=C2SC(=S)NC2=O)c(C)c1. The van der Waals surface area contributed by atoms with Gasteiger partial charge < -0.3 is 10.1 Å². The summed E-state index contributed by atoms with van der Waals surface area (Å²) in [7, 11) is 0. The molecule has 1 fully saturated rings. The molecule has 31 heavy (non-hydrogen) atoms. The third kappa shape index (κ3) is 4.89. The summed E-state index contributed by atoms with van der Waals surface area (Å²) >= 11 is 6.40. The van der Waals surface area contributed by atoms with Gasteiger partial charge in [-0.2, -0.15) is 5.10 Å². The number of hydrogen-bond donors (Lipinski definition) is 1. The van der Waals surface area contributed by atoms with Gasteiger partial charge in [0.25, 0.3) is 5.91 Å². The lowest BCUT2D eigenvalue weighted by atomic mass is 10.0. The maximum atomic E-state index is 12.2. The van der Waals surface area contributed by atoms with Gasteiger partial charge in [-0.3, -0.25) is 4.79 Å². The second kappa shape index (κ2) is 9.49. The van der Waals surface area contributed by atoms with E-state index in [9.17, 15) is 4.79 Å². The van der Waals surface area contributed by atoms with Crippen molar-refractivity contribution in [1.29, 1.82) is 0 Å². The van der Waals surface area contributed by atoms with Crippen LogP contribution in [0, 0.1) is 6.92 Å². The van der Waals surface area contributed by atoms with Gasteiger partial charge in [0, 0.05) is 17.3 Å². The number of amides is 1. The molecular formula is C24H23N3O2S2. The predicted molar refractivity (Wildman–Crippen MR) is 130 cm³/mol. The Balaban J connectivity index is 1.75. The number of carbonyl (C=O) groups is 1. The van der Waals surface area contributed by atoms with Crippen molar-refractivity contribution in [2.75, 3.05) is 6.61 Å². The number of aromatic nitrogens is 2. The molecule has 1 N–H and O–H groups in total. The fourth-order valence-corrected chi connectivity index (χ4v) is 4.34. The average Bonchev–Trinajstić information content (AvgIpc) is 3.32. The van der Waals surface area contributed by atoms with Crippen molar-refractivity contribution in [2.45, 2.75) is 26.7 Å². The molecule has 0 bridgehead atoms. The third-order valence-corrected chi connectivity index (χ3v) is 6.07. The van der Waals surface area contributed by atoms with Crippen LogP contribution in [-0.4, -0.2) is 26.6 Å². The smallest absolute Gasteiger partial charge is 0.263 e. The van der Waals surface area contributed by atoms with Crippen LogP contribution in [-0.2, 0) is 4.79 Å². The lowest BCUT2D eigenvalue weighted by Crippen LogP contribution is -2.17. The van der Waals surface area contributed by atoms with Crippen LogP contribution in [0.2, 0.25) is 0 Å². The summed E-state index contributed by atoms with van der Waals surface area (Å²) in [6.07, 6.45) is 5.92. The van der Waals surface area contributed by atoms with Crippen molar-refractivity contribution >= 4 is 40.3 Å². The van der Waals surface area contributed by atoms with Gasteiger partial charge in [0.2, 0.25) is 0 Å². The summed E-state index contributed by atoms with van der Waals surface area (Å²) in [4.78, 5) is 12.8. The summed E-state index contributed by atoms with van der Waals surface area (Å²) in [5, 5.41) is 7.53. The molecule has 1 aliphatic heterocycles. The Bertz CT molecular complexity index is 1150. The molecule has 3 aromatic rings. The molecule has 0 unspecified atom stereocenters. The molecule has 158 valence electrons. The Kier molecular flexibility index (Phi) is 6.53. The number of nitrogens with one attached hydrogen (secondary N) is 1. The number of carbonyl (C=O) groups excluding carboxylic acids is 1. The monoisotopic (exact) mass is 449 g/mol. The Labute approximate surface area is 191 Å². The van der Waals surface area contributed by atoms with Gasteiger partial charge in [0.05, 0.1) is 17.2 Å². The molecule has 0 radical (unpaired) electrons. The molecule has 0 aliphatic carbocycles. The lowest BCUT2D eigenvalue weighted by Gasteiger charge is -2.09. The normalized spacial score (nSPS) is 14.8. The van der Waals surface area contributed by atoms with Gasteiger partial charge in [0.15, 0.2) is 0 Å². The van der Waals surface area contributed by atoms with Crippen molar-refractivity contribution in [3.8, 4) is 22.7 Å². The number of thioether (sulfide) groups is 1. The molecule has 2 heterocycles. The Morgan fingerprint density at radius 1 is 1.23 bits per heavy atom. The number of para-hydroxylation sites is 1. The average molecular weight is 450 g/mol. The summed E-state index contributed by atoms with van der Waals surface area (Å²) in [5.41, 5.74) is 4.67. The van der Waals surface area contributed by atoms with E-state index >= 15 is 0 Å². The molecule has 1 saturated heterocycles. The highest BCUT2D eigenvalue weighted by atomic mass is 32.2. The number of benzene rings is 2. The zero-order valence-electron chi connectivity index (χ0n) is 17.4. The van der Waals surface area contributed by atoms with E-state index in [1.807, 2.05) is 72.4 Å². The quantitative estimate of drug-likeness (QED) is 0.293. The van der Waals surface area contributed by atoms with E-state index in [1.54, 1.807) is 0 Å². The minimum Gasteiger partial charge on any atom is -0.494 e. The summed E-state index contributed by atoms with van der Waals surface area (Å²) in [6.45, 7) is 4.90. The summed E-state index contributed by atoms with van der Waals surface area (Å²) in [5.74, 6) is 0.679. The van der Waals surface area contributed by atoms with Gasteiger partial charge in [-0.15, -0.1) is 0 Å². The summed E-state index contributed by atoms with van der Waals surface area (Å²) < 4.78 is 8.15. The zero-order valence-corrected chi connectivity index (χ0v) is 19.1. The molecule has 5 nitrogen and oxygen atoms in total. The fraction of sp³-hybridized carbons (Fsp3) is 0.208. The maximum Gasteiger partial charge on any atom is 0.263 e. The minimum atomic E-state index is -0.176. The molecule has 0 atom stereocenters. The highest BCUT2D eigenvalue weighted by Crippen LogP contribution is 2.33. The topological polar surface area (TPSA) is 56.1 Å². The summed E-state index contributed by atoms with van der Waals surface area (Å²) in [6, 6.07) is 16.0. The first-order valence-corrected chi connectivity index (χ1v) is 11.4. The molecule has 1 amide bonds. The van der Waals surface area contributed by atoms with E-state index in [0.717, 1.165) is 46.7 Å². The van der Waals surface area contributed by atoms with Crippen LogP contribution < -0.4 is 10.1 Å². The Hall–Kier alpha value is -2.90. The molecule has 2 aromatic carbocycles. The van der Waals surface area contributed by atoms with Crippen LogP contribution in [0.4, 0.5) is 0 Å². The van der Waals surface area contributed by atoms with Crippen LogP contribution in [0.25, 0.3) is 23.0 Å². The maximum absolute atomic E-state index is 12.2. The highest BCUT2D eigenvalue weighted by Gasteiger charge is 2.23. The van der Waals surface area contributed by atoms with Crippen LogP contribution in [0.15, 0.2) is 59.6 Å². The van der Waals surface area contributed by atoms with E-state index in [-0.39, 0.29) is 5.91 Å². The fourth-order valence-electron chi connectivity index (χ4n) is 3.30. The second-order valence-corrected chi connectivity index (χ2v) is 8.96. The van der Waals surface area contributed by atoms with E-state index in [4.69, 9.17) is 22.1 Å². The Morgan fingerprint density at radius 2 is 2.03 bits per heavy atom. The number of nitrogens with zero attached hydrogens (tertiary/aromatic N) is 2. The first-order chi connectivity index (χ1) is 15.0. The zero-order chi connectivity index (χ0) is 21.8. The van der Waals surface area contributed by atoms with Crippen molar-refractivity contribution < 1.29 is 9.53 Å². The number of hydrogen-bond acceptors (Lipinski definition) is 5. The van der Waals surface area contributed by atoms with Gasteiger partial charge in [0.1, 0.15) is 15.8 Å². The van der Waals surface area contributed by atoms with Crippen molar-refractivity contribution in [2.24, 2.45) is 0 Å². The van der Waals surface area contributed by atoms with Crippen LogP contribution in [0.5, 0.6) is 5.75 Å². The molecule has 4 rings (SSSR count). The van der Waals surface area contributed by atoms with Gasteiger partial charge >= 0.3 is 0 Å². The van der Waals surface area contributed by atoms with Gasteiger partial charge in [-0.1, -0.05) is 55.5 Å². The molecule has 1 aliphatic rings. The molecule has 0 saturated carbocycles. The van der Waals surface area contributed by atoms with Crippen LogP contribution in [0.1, 0.15) is 30.9 Å². The molecular weight excluding hydrogens is 426 g/mol. The third-order valence-electron chi connectivity index (χ3n) is 4.91. The molecule has 0 spiro atoms. The molecule has 7 heteroatoms. The van der Waals surface area contributed by atoms with E-state index in [0.29, 0.717) is 15.8 Å². The standard InChI is InChI=1S/C24H23N3O2S2/c1-3-4-12-29-19-10-11-20(16(2)13-19)22-17(14-21-23(28)25-24(30)31-21)15-27(26-22)18-8-6-5-7-9-18/h5-11,13-15H,3-4,12H2,1-2H3,(H,25,28,30). The number of thiocarbonyl (C=S) groups is 1. The lowest BCUT2D eigenvalue weighted by molar-refractivity contribution is -0.115. The Morgan fingerprint density at radius 3 is 2.71 bits per heavy atom. The van der Waals surface area contributed by atoms with Gasteiger partial charge in [-0.05, 0) is 55.3 Å². The van der Waals surface area contributed by atoms with E-state index in [1.165, 1.54) is 11.8 Å². The van der Waals surface area contributed by atoms with Gasteiger partial charge in [-0.25, -0.2) is 4.68 Å². The minimum absolute atomic E-state index is 0.176. The first-order valence-electron chi connectivity index (χ1n) is 10.2. The van der Waals surface area contributed by atoms with Crippen molar-refractivity contribution in [3.05, 3.63) is 70.8 Å². The largest absolute Gasteiger partial charge is 0.494 e. The highest BCUT2D eigenvalue weighted by molar-refractivity contribution is 8.26. The van der Waals surface area contributed by atoms with E-state index in [2.05, 4.69) is 12.2 Å². The first kappa shape index (κ1) is 21.3. The number of unbranched alkanes of at least 4 members (excludes halogenated alkanes) is 1. The number of rotatable bonds is 7. The van der Waals surface area contributed by atoms with Crippen LogP contribution in [0.3, 0.4) is 0 Å². The number of aryl methyl sites for hydroxylation is 1. The van der Waals surface area contributed by atoms with Crippen molar-refractivity contribution in [1.82, 2.24) is 15.1 Å². The van der Waals surface area contributed by atoms with E-state index < -0.39 is 0 Å². The van der Waals surface area contributed by atoms with Crippen molar-refractivity contribution in [3.63, 3.8) is 0 Å². The van der Waals surface area contributed by atoms with Crippen LogP contribution >= 0.6 is 24.0 Å². The molecule has 1 aromatic heterocycles.